The highest BCUT2D eigenvalue weighted by molar-refractivity contribution is 7.13. The molecule has 3 N–H and O–H groups in total. The van der Waals surface area contributed by atoms with E-state index in [0.717, 1.165) is 50.1 Å². The van der Waals surface area contributed by atoms with Crippen LogP contribution in [0.2, 0.25) is 0 Å². The SMILES string of the molecule is CN(C)CC(=O)Nc1cncc(-c2cc3c(-c4cc5c(-c6cccs6)ccnc5[nH]4)n[nH]c3cn2)c1. The maximum Gasteiger partial charge on any atom is 0.238 e. The van der Waals surface area contributed by atoms with Crippen LogP contribution in [0.1, 0.15) is 0 Å². The molecule has 1 amide bonds. The number of nitrogens with one attached hydrogen (secondary N) is 3. The summed E-state index contributed by atoms with van der Waals surface area (Å²) in [5.41, 5.74) is 6.57. The molecule has 0 unspecified atom stereocenters. The second-order valence-corrected chi connectivity index (χ2v) is 9.66. The molecular weight excluding hydrogens is 472 g/mol. The molecule has 36 heavy (non-hydrogen) atoms. The highest BCUT2D eigenvalue weighted by Crippen LogP contribution is 2.35. The van der Waals surface area contributed by atoms with Crippen LogP contribution in [-0.2, 0) is 4.79 Å². The molecule has 6 aromatic heterocycles. The van der Waals surface area contributed by atoms with Crippen molar-refractivity contribution in [2.24, 2.45) is 0 Å². The van der Waals surface area contributed by atoms with Crippen molar-refractivity contribution in [1.29, 1.82) is 0 Å². The summed E-state index contributed by atoms with van der Waals surface area (Å²) in [5, 5.41) is 14.6. The van der Waals surface area contributed by atoms with Crippen molar-refractivity contribution in [3.63, 3.8) is 0 Å². The monoisotopic (exact) mass is 494 g/mol. The number of likely N-dealkylation sites (N-methyl/N-ethyl adjacent to an activating group) is 1. The van der Waals surface area contributed by atoms with Gasteiger partial charge in [0.25, 0.3) is 0 Å². The van der Waals surface area contributed by atoms with E-state index in [-0.39, 0.29) is 5.91 Å². The lowest BCUT2D eigenvalue weighted by atomic mass is 10.1. The summed E-state index contributed by atoms with van der Waals surface area (Å²) in [5.74, 6) is -0.103. The smallest absolute Gasteiger partial charge is 0.238 e. The molecule has 6 aromatic rings. The normalized spacial score (nSPS) is 11.5. The molecule has 6 heterocycles. The van der Waals surface area contributed by atoms with Gasteiger partial charge in [-0.25, -0.2) is 4.98 Å². The fourth-order valence-corrected chi connectivity index (χ4v) is 4.98. The maximum absolute atomic E-state index is 12.2. The van der Waals surface area contributed by atoms with E-state index < -0.39 is 0 Å². The molecule has 0 fully saturated rings. The highest BCUT2D eigenvalue weighted by atomic mass is 32.1. The van der Waals surface area contributed by atoms with Crippen molar-refractivity contribution in [1.82, 2.24) is 35.0 Å². The van der Waals surface area contributed by atoms with Crippen LogP contribution in [0.3, 0.4) is 0 Å². The van der Waals surface area contributed by atoms with Crippen LogP contribution >= 0.6 is 11.3 Å². The standard InChI is InChI=1S/C26H22N8OS/c1-34(2)14-24(35)30-16-8-15(11-27-12-16)20-10-19-22(13-29-20)32-33-25(19)21-9-18-17(23-4-3-7-36-23)5-6-28-26(18)31-21/h3-13H,14H2,1-2H3,(H,28,31)(H,30,35)(H,32,33). The van der Waals surface area contributed by atoms with Gasteiger partial charge in [0, 0.05) is 39.2 Å². The number of anilines is 1. The second kappa shape index (κ2) is 8.99. The lowest BCUT2D eigenvalue weighted by Gasteiger charge is -2.10. The molecule has 0 aromatic carbocycles. The molecule has 0 spiro atoms. The van der Waals surface area contributed by atoms with Gasteiger partial charge in [0.15, 0.2) is 0 Å². The third kappa shape index (κ3) is 4.12. The van der Waals surface area contributed by atoms with Crippen molar-refractivity contribution in [3.05, 3.63) is 66.6 Å². The van der Waals surface area contributed by atoms with Crippen molar-refractivity contribution in [3.8, 4) is 33.1 Å². The predicted octanol–water partition coefficient (Wildman–Crippen LogP) is 4.79. The molecule has 10 heteroatoms. The number of pyridine rings is 3. The van der Waals surface area contributed by atoms with Crippen LogP contribution in [0, 0.1) is 0 Å². The molecule has 0 radical (unpaired) electrons. The molecule has 178 valence electrons. The van der Waals surface area contributed by atoms with Gasteiger partial charge in [-0.05, 0) is 49.8 Å². The van der Waals surface area contributed by atoms with Gasteiger partial charge >= 0.3 is 0 Å². The van der Waals surface area contributed by atoms with Crippen molar-refractivity contribution in [2.75, 3.05) is 26.0 Å². The zero-order valence-electron chi connectivity index (χ0n) is 19.6. The third-order valence-electron chi connectivity index (χ3n) is 5.80. The summed E-state index contributed by atoms with van der Waals surface area (Å²) in [6.45, 7) is 0.292. The molecule has 9 nitrogen and oxygen atoms in total. The highest BCUT2D eigenvalue weighted by Gasteiger charge is 2.16. The number of nitrogens with zero attached hydrogens (tertiary/aromatic N) is 5. The topological polar surface area (TPSA) is 115 Å². The van der Waals surface area contributed by atoms with Gasteiger partial charge < -0.3 is 15.2 Å². The second-order valence-electron chi connectivity index (χ2n) is 8.72. The molecule has 0 aliphatic rings. The van der Waals surface area contributed by atoms with Gasteiger partial charge in [-0.15, -0.1) is 11.3 Å². The van der Waals surface area contributed by atoms with Crippen molar-refractivity contribution < 1.29 is 4.79 Å². The van der Waals surface area contributed by atoms with E-state index in [1.165, 1.54) is 4.88 Å². The Kier molecular flexibility index (Phi) is 5.51. The number of hydrogen-bond acceptors (Lipinski definition) is 7. The molecule has 6 rings (SSSR count). The molecule has 0 atom stereocenters. The van der Waals surface area contributed by atoms with Crippen LogP contribution in [0.5, 0.6) is 0 Å². The van der Waals surface area contributed by atoms with Crippen molar-refractivity contribution in [2.45, 2.75) is 0 Å². The number of carbonyl (C=O) groups is 1. The number of fused-ring (bicyclic) bond motifs is 2. The molecule has 0 saturated heterocycles. The Hall–Kier alpha value is -4.41. The number of H-pyrrole nitrogens is 2. The number of amides is 1. The van der Waals surface area contributed by atoms with Gasteiger partial charge in [0.1, 0.15) is 11.3 Å². The summed E-state index contributed by atoms with van der Waals surface area (Å²) < 4.78 is 0. The minimum absolute atomic E-state index is 0.103. The van der Waals surface area contributed by atoms with E-state index in [2.05, 4.69) is 53.0 Å². The molecule has 0 aliphatic heterocycles. The summed E-state index contributed by atoms with van der Waals surface area (Å²) in [7, 11) is 3.70. The summed E-state index contributed by atoms with van der Waals surface area (Å²) in [6, 6.07) is 12.1. The van der Waals surface area contributed by atoms with Gasteiger partial charge in [-0.2, -0.15) is 5.10 Å². The Bertz CT molecular complexity index is 1700. The maximum atomic E-state index is 12.2. The van der Waals surface area contributed by atoms with Crippen LogP contribution in [0.4, 0.5) is 5.69 Å². The number of rotatable bonds is 6. The summed E-state index contributed by atoms with van der Waals surface area (Å²) in [6.07, 6.45) is 6.94. The molecule has 0 bridgehead atoms. The first kappa shape index (κ1) is 22.1. The number of thiophene rings is 1. The first-order chi connectivity index (χ1) is 17.5. The Morgan fingerprint density at radius 1 is 1.08 bits per heavy atom. The number of aromatic amines is 2. The quantitative estimate of drug-likeness (QED) is 0.307. The first-order valence-corrected chi connectivity index (χ1v) is 12.2. The average Bonchev–Trinajstić information content (AvgIpc) is 3.62. The Morgan fingerprint density at radius 2 is 2.00 bits per heavy atom. The predicted molar refractivity (Wildman–Crippen MR) is 143 cm³/mol. The van der Waals surface area contributed by atoms with Gasteiger partial charge in [0.05, 0.1) is 41.5 Å². The minimum atomic E-state index is -0.103. The number of hydrogen-bond donors (Lipinski definition) is 3. The van der Waals surface area contributed by atoms with Gasteiger partial charge in [-0.3, -0.25) is 19.9 Å². The largest absolute Gasteiger partial charge is 0.338 e. The Labute approximate surface area is 210 Å². The molecule has 0 aliphatic carbocycles. The van der Waals surface area contributed by atoms with Gasteiger partial charge in [0.2, 0.25) is 5.91 Å². The van der Waals surface area contributed by atoms with E-state index in [0.29, 0.717) is 12.2 Å². The van der Waals surface area contributed by atoms with E-state index in [9.17, 15) is 4.79 Å². The van der Waals surface area contributed by atoms with Crippen LogP contribution < -0.4 is 5.32 Å². The lowest BCUT2D eigenvalue weighted by Crippen LogP contribution is -2.27. The van der Waals surface area contributed by atoms with Crippen LogP contribution in [-0.4, -0.2) is 61.6 Å². The third-order valence-corrected chi connectivity index (χ3v) is 6.70. The summed E-state index contributed by atoms with van der Waals surface area (Å²) >= 11 is 1.70. The fourth-order valence-electron chi connectivity index (χ4n) is 4.22. The van der Waals surface area contributed by atoms with Gasteiger partial charge in [-0.1, -0.05) is 6.07 Å². The van der Waals surface area contributed by atoms with E-state index in [1.54, 1.807) is 29.9 Å². The molecule has 0 saturated carbocycles. The minimum Gasteiger partial charge on any atom is -0.338 e. The van der Waals surface area contributed by atoms with E-state index in [4.69, 9.17) is 0 Å². The zero-order chi connectivity index (χ0) is 24.6. The first-order valence-electron chi connectivity index (χ1n) is 11.3. The van der Waals surface area contributed by atoms with Crippen molar-refractivity contribution >= 4 is 44.9 Å². The van der Waals surface area contributed by atoms with E-state index in [1.807, 2.05) is 49.5 Å². The van der Waals surface area contributed by atoms with E-state index >= 15 is 0 Å². The Morgan fingerprint density at radius 3 is 2.83 bits per heavy atom. The fraction of sp³-hybridized carbons (Fsp3) is 0.115. The van der Waals surface area contributed by atoms with Crippen LogP contribution in [0.25, 0.3) is 55.0 Å². The number of carbonyl (C=O) groups excluding carboxylic acids is 1. The number of aromatic nitrogens is 6. The zero-order valence-corrected chi connectivity index (χ0v) is 20.4. The Balaban J connectivity index is 1.38. The molecular formula is C26H22N8OS. The van der Waals surface area contributed by atoms with Crippen LogP contribution in [0.15, 0.2) is 66.6 Å². The average molecular weight is 495 g/mol. The lowest BCUT2D eigenvalue weighted by molar-refractivity contribution is -0.116. The summed E-state index contributed by atoms with van der Waals surface area (Å²) in [4.78, 5) is 32.0.